The molecule has 5 unspecified atom stereocenters. The molecule has 1 saturated carbocycles. The van der Waals surface area contributed by atoms with Crippen LogP contribution in [-0.2, 0) is 45.2 Å². The summed E-state index contributed by atoms with van der Waals surface area (Å²) >= 11 is 0. The Morgan fingerprint density at radius 3 is 2.48 bits per heavy atom. The van der Waals surface area contributed by atoms with Gasteiger partial charge < -0.3 is 29.7 Å². The van der Waals surface area contributed by atoms with E-state index < -0.39 is 75.4 Å². The molecule has 3 saturated heterocycles. The summed E-state index contributed by atoms with van der Waals surface area (Å²) in [5.41, 5.74) is -0.204. The Labute approximate surface area is 353 Å². The minimum Gasteiger partial charge on any atom is -0.444 e. The van der Waals surface area contributed by atoms with E-state index in [2.05, 4.69) is 26.3 Å². The first-order valence-corrected chi connectivity index (χ1v) is 23.0. The average molecular weight is 856 g/mol. The van der Waals surface area contributed by atoms with Crippen molar-refractivity contribution in [1.29, 1.82) is 0 Å². The molecule has 0 aromatic heterocycles. The number of carbonyl (C=O) groups excluding carboxylic acids is 5. The lowest BCUT2D eigenvalue weighted by atomic mass is 9.92. The van der Waals surface area contributed by atoms with Crippen LogP contribution in [0.5, 0.6) is 0 Å². The number of fused-ring (bicyclic) bond motifs is 3. The molecule has 6 atom stereocenters. The Balaban J connectivity index is 1.15. The predicted octanol–water partition coefficient (Wildman–Crippen LogP) is 2.77. The van der Waals surface area contributed by atoms with Crippen LogP contribution < -0.4 is 15.4 Å². The van der Waals surface area contributed by atoms with Gasteiger partial charge in [0.1, 0.15) is 29.3 Å². The SMILES string of the molecule is CC(C)(C)OC(=O)NC1CCCCCC=CC2CC2(C(=O)NS(=O)(=O)N2CCCC2)NC(=O)C2CC(OC(=O)N3CCc4ccccc4[C@H]3CN3CCOCC3)CN2C1=O. The summed E-state index contributed by atoms with van der Waals surface area (Å²) in [6.07, 6.45) is 6.66. The third-order valence-corrected chi connectivity index (χ3v) is 13.9. The molecule has 18 heteroatoms. The van der Waals surface area contributed by atoms with E-state index in [1.165, 1.54) is 9.21 Å². The highest BCUT2D eigenvalue weighted by molar-refractivity contribution is 7.87. The van der Waals surface area contributed by atoms with Gasteiger partial charge in [0.05, 0.1) is 25.8 Å². The molecule has 6 aliphatic rings. The van der Waals surface area contributed by atoms with E-state index in [0.717, 1.165) is 37.1 Å². The van der Waals surface area contributed by atoms with Gasteiger partial charge in [0.2, 0.25) is 11.8 Å². The molecule has 60 heavy (non-hydrogen) atoms. The second kappa shape index (κ2) is 18.4. The van der Waals surface area contributed by atoms with Crippen LogP contribution in [0.3, 0.4) is 0 Å². The molecule has 0 bridgehead atoms. The Kier molecular flexibility index (Phi) is 13.4. The largest absolute Gasteiger partial charge is 0.444 e. The maximum Gasteiger partial charge on any atom is 0.410 e. The normalized spacial score (nSPS) is 29.6. The van der Waals surface area contributed by atoms with Gasteiger partial charge in [0, 0.05) is 51.6 Å². The minimum atomic E-state index is -4.16. The zero-order chi connectivity index (χ0) is 42.7. The Morgan fingerprint density at radius 1 is 0.983 bits per heavy atom. The predicted molar refractivity (Wildman–Crippen MR) is 219 cm³/mol. The lowest BCUT2D eigenvalue weighted by Gasteiger charge is -2.40. The van der Waals surface area contributed by atoms with Gasteiger partial charge in [-0.1, -0.05) is 49.3 Å². The fourth-order valence-corrected chi connectivity index (χ4v) is 10.4. The van der Waals surface area contributed by atoms with Crippen LogP contribution in [0, 0.1) is 5.92 Å². The number of ether oxygens (including phenoxy) is 3. The summed E-state index contributed by atoms with van der Waals surface area (Å²) < 4.78 is 47.3. The van der Waals surface area contributed by atoms with Crippen LogP contribution in [0.1, 0.15) is 95.7 Å². The van der Waals surface area contributed by atoms with E-state index in [9.17, 15) is 32.4 Å². The van der Waals surface area contributed by atoms with Crippen molar-refractivity contribution >= 4 is 40.1 Å². The standard InChI is InChI=1S/C42H61N7O10S/c1-41(2,3)59-39(53)43-33-16-8-6-4-5-7-14-30-26-42(30,38(52)45-60(55,56)47-18-11-12-19-47)44-36(50)34-25-31(27-49(34)37(33)51)58-40(54)48-20-17-29-13-9-10-15-32(29)35(48)28-46-21-23-57-24-22-46/h7,9-10,13-15,30-31,33-35H,4-6,8,11-12,16-28H2,1-3H3,(H,43,53)(H,44,50)(H,45,52)/t30?,31?,33?,34?,35-,42?/m1/s1. The molecule has 1 aromatic carbocycles. The molecule has 1 aromatic rings. The van der Waals surface area contributed by atoms with Crippen molar-refractivity contribution < 1.29 is 46.6 Å². The van der Waals surface area contributed by atoms with E-state index in [-0.39, 0.29) is 31.8 Å². The first-order valence-electron chi connectivity index (χ1n) is 21.6. The number of hydrogen-bond acceptors (Lipinski definition) is 11. The number of nitrogens with one attached hydrogen (secondary N) is 3. The molecule has 1 aliphatic carbocycles. The molecule has 330 valence electrons. The minimum absolute atomic E-state index is 0.0781. The summed E-state index contributed by atoms with van der Waals surface area (Å²) in [6.45, 7) is 9.28. The molecule has 17 nitrogen and oxygen atoms in total. The fourth-order valence-electron chi connectivity index (χ4n) is 9.12. The highest BCUT2D eigenvalue weighted by Gasteiger charge is 2.62. The maximum absolute atomic E-state index is 14.6. The van der Waals surface area contributed by atoms with Crippen molar-refractivity contribution in [2.24, 2.45) is 5.92 Å². The summed E-state index contributed by atoms with van der Waals surface area (Å²) in [5, 5.41) is 5.61. The molecule has 0 radical (unpaired) electrons. The second-order valence-electron chi connectivity index (χ2n) is 17.9. The van der Waals surface area contributed by atoms with Crippen LogP contribution in [0.4, 0.5) is 9.59 Å². The molecule has 5 heterocycles. The Hall–Kier alpha value is -4.26. The molecule has 4 fully saturated rings. The first kappa shape index (κ1) is 43.8. The van der Waals surface area contributed by atoms with Gasteiger partial charge in [-0.15, -0.1) is 0 Å². The van der Waals surface area contributed by atoms with E-state index in [0.29, 0.717) is 71.5 Å². The van der Waals surface area contributed by atoms with Gasteiger partial charge in [-0.05, 0) is 76.8 Å². The molecule has 0 spiro atoms. The zero-order valence-electron chi connectivity index (χ0n) is 35.1. The van der Waals surface area contributed by atoms with Crippen molar-refractivity contribution in [2.45, 2.75) is 120 Å². The van der Waals surface area contributed by atoms with Gasteiger partial charge in [-0.2, -0.15) is 12.7 Å². The maximum atomic E-state index is 14.6. The van der Waals surface area contributed by atoms with Gasteiger partial charge in [0.25, 0.3) is 5.91 Å². The van der Waals surface area contributed by atoms with E-state index in [1.54, 1.807) is 25.7 Å². The van der Waals surface area contributed by atoms with Crippen molar-refractivity contribution in [2.75, 3.05) is 59.0 Å². The number of alkyl carbamates (subject to hydrolysis) is 1. The van der Waals surface area contributed by atoms with Gasteiger partial charge in [0.15, 0.2) is 0 Å². The van der Waals surface area contributed by atoms with Crippen LogP contribution in [0.15, 0.2) is 36.4 Å². The Bertz CT molecular complexity index is 1910. The lowest BCUT2D eigenvalue weighted by molar-refractivity contribution is -0.141. The summed E-state index contributed by atoms with van der Waals surface area (Å²) in [6, 6.07) is 5.51. The molecule has 5 amide bonds. The highest BCUT2D eigenvalue weighted by atomic mass is 32.2. The number of benzene rings is 1. The zero-order valence-corrected chi connectivity index (χ0v) is 35.9. The molecule has 5 aliphatic heterocycles. The number of hydrogen-bond donors (Lipinski definition) is 3. The van der Waals surface area contributed by atoms with E-state index >= 15 is 0 Å². The van der Waals surface area contributed by atoms with Gasteiger partial charge >= 0.3 is 22.4 Å². The average Bonchev–Trinajstić information content (AvgIpc) is 3.50. The second-order valence-corrected chi connectivity index (χ2v) is 19.6. The van der Waals surface area contributed by atoms with Crippen molar-refractivity contribution in [3.63, 3.8) is 0 Å². The van der Waals surface area contributed by atoms with Crippen LogP contribution in [0.25, 0.3) is 0 Å². The van der Waals surface area contributed by atoms with Gasteiger partial charge in [-0.25, -0.2) is 14.3 Å². The van der Waals surface area contributed by atoms with E-state index in [1.807, 2.05) is 30.4 Å². The summed E-state index contributed by atoms with van der Waals surface area (Å²) in [4.78, 5) is 75.9. The topological polar surface area (TPSA) is 196 Å². The smallest absolute Gasteiger partial charge is 0.410 e. The van der Waals surface area contributed by atoms with Crippen molar-refractivity contribution in [1.82, 2.24) is 34.4 Å². The lowest BCUT2D eigenvalue weighted by Crippen LogP contribution is -2.59. The molecule has 7 rings (SSSR count). The summed E-state index contributed by atoms with van der Waals surface area (Å²) in [5.74, 6) is -2.56. The van der Waals surface area contributed by atoms with E-state index in [4.69, 9.17) is 14.2 Å². The molecular weight excluding hydrogens is 795 g/mol. The number of nitrogens with zero attached hydrogens (tertiary/aromatic N) is 4. The van der Waals surface area contributed by atoms with Crippen LogP contribution in [0.2, 0.25) is 0 Å². The number of amides is 5. The number of morpholine rings is 1. The first-order chi connectivity index (χ1) is 28.6. The van der Waals surface area contributed by atoms with Crippen LogP contribution >= 0.6 is 0 Å². The van der Waals surface area contributed by atoms with Gasteiger partial charge in [-0.3, -0.25) is 24.2 Å². The number of rotatable bonds is 7. The summed E-state index contributed by atoms with van der Waals surface area (Å²) in [7, 11) is -4.16. The third kappa shape index (κ3) is 10.3. The number of carbonyl (C=O) groups is 5. The van der Waals surface area contributed by atoms with Crippen molar-refractivity contribution in [3.8, 4) is 0 Å². The monoisotopic (exact) mass is 855 g/mol. The molecule has 3 N–H and O–H groups in total. The Morgan fingerprint density at radius 2 is 1.73 bits per heavy atom. The van der Waals surface area contributed by atoms with Crippen LogP contribution in [-0.4, -0.2) is 146 Å². The number of allylic oxidation sites excluding steroid dienone is 1. The van der Waals surface area contributed by atoms with Crippen molar-refractivity contribution in [3.05, 3.63) is 47.5 Å². The fraction of sp³-hybridized carbons (Fsp3) is 0.690. The third-order valence-electron chi connectivity index (χ3n) is 12.4. The highest BCUT2D eigenvalue weighted by Crippen LogP contribution is 2.46. The molecular formula is C42H61N7O10S. The quantitative estimate of drug-likeness (QED) is 0.342.